The Morgan fingerprint density at radius 3 is 2.31 bits per heavy atom. The summed E-state index contributed by atoms with van der Waals surface area (Å²) in [6.45, 7) is 12.0. The maximum Gasteiger partial charge on any atom is 0.410 e. The number of piperidine rings is 1. The number of nitrogens with zero attached hydrogens (tertiary/aromatic N) is 4. The van der Waals surface area contributed by atoms with Gasteiger partial charge in [0.05, 0.1) is 11.0 Å². The van der Waals surface area contributed by atoms with Crippen molar-refractivity contribution in [2.45, 2.75) is 64.1 Å². The molecule has 2 atom stereocenters. The predicted molar refractivity (Wildman–Crippen MR) is 189 cm³/mol. The highest BCUT2D eigenvalue weighted by molar-refractivity contribution is 5.90. The quantitative estimate of drug-likeness (QED) is 0.223. The number of benzene rings is 2. The molecule has 2 fully saturated rings. The van der Waals surface area contributed by atoms with Crippen molar-refractivity contribution in [3.8, 4) is 0 Å². The van der Waals surface area contributed by atoms with Crippen LogP contribution in [0.25, 0.3) is 21.9 Å². The Bertz CT molecular complexity index is 1840. The van der Waals surface area contributed by atoms with E-state index in [4.69, 9.17) is 4.74 Å². The zero-order valence-electron chi connectivity index (χ0n) is 28.8. The van der Waals surface area contributed by atoms with Crippen LogP contribution in [-0.4, -0.2) is 111 Å². The number of ether oxygens (including phenoxy) is 1. The van der Waals surface area contributed by atoms with Gasteiger partial charge in [-0.1, -0.05) is 37.3 Å². The van der Waals surface area contributed by atoms with E-state index in [1.54, 1.807) is 14.4 Å². The van der Waals surface area contributed by atoms with Gasteiger partial charge < -0.3 is 35.1 Å². The second-order valence-corrected chi connectivity index (χ2v) is 14.1. The minimum atomic E-state index is -0.815. The van der Waals surface area contributed by atoms with Gasteiger partial charge >= 0.3 is 17.8 Å². The van der Waals surface area contributed by atoms with Gasteiger partial charge in [-0.05, 0) is 57.4 Å². The van der Waals surface area contributed by atoms with Gasteiger partial charge in [0, 0.05) is 81.4 Å². The third-order valence-corrected chi connectivity index (χ3v) is 9.67. The summed E-state index contributed by atoms with van der Waals surface area (Å²) in [6.07, 6.45) is 2.87. The molecule has 4 amide bonds. The molecule has 2 saturated heterocycles. The molecular formula is C36H48N8O5. The molecule has 2 aliphatic heterocycles. The maximum atomic E-state index is 13.8. The number of carbonyl (C=O) groups is 3. The summed E-state index contributed by atoms with van der Waals surface area (Å²) in [5.41, 5.74) is 2.91. The standard InChI is InChI=1S/C36H48N8O5/c1-24(27-23-38-28-10-6-5-9-26(27)28)31(32(45)37-15-18-41-19-21-43(22-20-41)35(48)49-36(2,3)4)40-33(46)42-16-13-25(14-17-42)44-30-12-8-7-11-29(30)39-34(44)47/h5-12,23-25,31,38H,13-22H2,1-4H3,(H,37,45)(H,39,47)(H,40,46)/t24-,31+/m0/s1. The van der Waals surface area contributed by atoms with Gasteiger partial charge in [0.25, 0.3) is 0 Å². The van der Waals surface area contributed by atoms with E-state index in [2.05, 4.69) is 25.5 Å². The summed E-state index contributed by atoms with van der Waals surface area (Å²) in [5.74, 6) is -0.571. The Kier molecular flexibility index (Phi) is 10.00. The molecule has 0 aliphatic carbocycles. The third-order valence-electron chi connectivity index (χ3n) is 9.67. The first-order chi connectivity index (χ1) is 23.5. The summed E-state index contributed by atoms with van der Waals surface area (Å²) in [5, 5.41) is 7.15. The fourth-order valence-electron chi connectivity index (χ4n) is 6.98. The number of para-hydroxylation sites is 3. The lowest BCUT2D eigenvalue weighted by Crippen LogP contribution is -2.55. The average Bonchev–Trinajstić information content (AvgIpc) is 3.67. The normalized spacial score (nSPS) is 17.6. The molecule has 2 aliphatic rings. The number of hydrogen-bond acceptors (Lipinski definition) is 6. The fourth-order valence-corrected chi connectivity index (χ4v) is 6.98. The molecule has 0 saturated carbocycles. The van der Waals surface area contributed by atoms with E-state index in [9.17, 15) is 19.2 Å². The summed E-state index contributed by atoms with van der Waals surface area (Å²) >= 11 is 0. The lowest BCUT2D eigenvalue weighted by atomic mass is 9.92. The Morgan fingerprint density at radius 1 is 0.918 bits per heavy atom. The van der Waals surface area contributed by atoms with E-state index in [1.807, 2.05) is 82.4 Å². The number of imidazole rings is 1. The van der Waals surface area contributed by atoms with Crippen LogP contribution >= 0.6 is 0 Å². The number of aromatic nitrogens is 3. The topological polar surface area (TPSA) is 148 Å². The lowest BCUT2D eigenvalue weighted by Gasteiger charge is -2.36. The monoisotopic (exact) mass is 672 g/mol. The van der Waals surface area contributed by atoms with Crippen molar-refractivity contribution in [1.29, 1.82) is 0 Å². The summed E-state index contributed by atoms with van der Waals surface area (Å²) in [6, 6.07) is 14.4. The Morgan fingerprint density at radius 2 is 1.59 bits per heavy atom. The number of fused-ring (bicyclic) bond motifs is 2. The van der Waals surface area contributed by atoms with Crippen LogP contribution in [0.15, 0.2) is 59.5 Å². The van der Waals surface area contributed by atoms with E-state index in [1.165, 1.54) is 0 Å². The van der Waals surface area contributed by atoms with Gasteiger partial charge in [-0.15, -0.1) is 0 Å². The molecule has 4 heterocycles. The number of likely N-dealkylation sites (tertiary alicyclic amines) is 1. The van der Waals surface area contributed by atoms with Crippen molar-refractivity contribution in [3.05, 3.63) is 70.8 Å². The number of amides is 4. The number of hydrogen-bond donors (Lipinski definition) is 4. The van der Waals surface area contributed by atoms with Crippen LogP contribution in [0.5, 0.6) is 0 Å². The van der Waals surface area contributed by atoms with E-state index < -0.39 is 11.6 Å². The van der Waals surface area contributed by atoms with Gasteiger partial charge in [0.15, 0.2) is 0 Å². The molecule has 6 rings (SSSR count). The fraction of sp³-hybridized carbons (Fsp3) is 0.500. The second kappa shape index (κ2) is 14.4. The minimum Gasteiger partial charge on any atom is -0.444 e. The molecule has 0 bridgehead atoms. The van der Waals surface area contributed by atoms with Crippen molar-refractivity contribution >= 4 is 40.0 Å². The first kappa shape index (κ1) is 34.1. The number of H-pyrrole nitrogens is 2. The highest BCUT2D eigenvalue weighted by atomic mass is 16.6. The average molecular weight is 673 g/mol. The van der Waals surface area contributed by atoms with E-state index in [0.29, 0.717) is 65.2 Å². The summed E-state index contributed by atoms with van der Waals surface area (Å²) in [7, 11) is 0. The lowest BCUT2D eigenvalue weighted by molar-refractivity contribution is -0.123. The number of urea groups is 1. The summed E-state index contributed by atoms with van der Waals surface area (Å²) < 4.78 is 7.31. The highest BCUT2D eigenvalue weighted by Crippen LogP contribution is 2.29. The van der Waals surface area contributed by atoms with Crippen LogP contribution in [0.1, 0.15) is 58.1 Å². The molecule has 4 N–H and O–H groups in total. The molecule has 13 heteroatoms. The molecule has 2 aromatic carbocycles. The molecule has 4 aromatic rings. The first-order valence-corrected chi connectivity index (χ1v) is 17.3. The largest absolute Gasteiger partial charge is 0.444 e. The van der Waals surface area contributed by atoms with Crippen molar-refractivity contribution in [1.82, 2.24) is 39.9 Å². The maximum absolute atomic E-state index is 13.8. The van der Waals surface area contributed by atoms with Crippen molar-refractivity contribution < 1.29 is 19.1 Å². The van der Waals surface area contributed by atoms with Crippen molar-refractivity contribution in [2.75, 3.05) is 52.4 Å². The Hall–Kier alpha value is -4.78. The smallest absolute Gasteiger partial charge is 0.410 e. The summed E-state index contributed by atoms with van der Waals surface area (Å²) in [4.78, 5) is 64.7. The number of aromatic amines is 2. The number of nitrogens with one attached hydrogen (secondary N) is 4. The van der Waals surface area contributed by atoms with Crippen LogP contribution < -0.4 is 16.3 Å². The second-order valence-electron chi connectivity index (χ2n) is 14.1. The number of piperazine rings is 1. The molecular weight excluding hydrogens is 624 g/mol. The number of rotatable bonds is 8. The molecule has 0 radical (unpaired) electrons. The molecule has 0 spiro atoms. The van der Waals surface area contributed by atoms with Crippen LogP contribution in [0.4, 0.5) is 9.59 Å². The highest BCUT2D eigenvalue weighted by Gasteiger charge is 2.33. The molecule has 262 valence electrons. The Labute approximate surface area is 285 Å². The zero-order valence-corrected chi connectivity index (χ0v) is 28.8. The predicted octanol–water partition coefficient (Wildman–Crippen LogP) is 4.00. The van der Waals surface area contributed by atoms with Gasteiger partial charge in [-0.2, -0.15) is 0 Å². The SMILES string of the molecule is C[C@@H](c1c[nH]c2ccccc12)[C@@H](NC(=O)N1CCC(n2c(=O)[nH]c3ccccc32)CC1)C(=O)NCCN1CCN(C(=O)OC(C)(C)C)CC1. The Balaban J connectivity index is 1.08. The molecule has 13 nitrogen and oxygen atoms in total. The van der Waals surface area contributed by atoms with Crippen LogP contribution in [0, 0.1) is 0 Å². The van der Waals surface area contributed by atoms with E-state index >= 15 is 0 Å². The third kappa shape index (κ3) is 7.77. The van der Waals surface area contributed by atoms with Gasteiger partial charge in [-0.3, -0.25) is 14.3 Å². The molecule has 0 unspecified atom stereocenters. The molecule has 49 heavy (non-hydrogen) atoms. The molecule has 2 aromatic heterocycles. The van der Waals surface area contributed by atoms with E-state index in [-0.39, 0.29) is 35.7 Å². The van der Waals surface area contributed by atoms with Crippen LogP contribution in [0.2, 0.25) is 0 Å². The van der Waals surface area contributed by atoms with E-state index in [0.717, 1.165) is 27.5 Å². The zero-order chi connectivity index (χ0) is 34.7. The van der Waals surface area contributed by atoms with Crippen LogP contribution in [-0.2, 0) is 9.53 Å². The van der Waals surface area contributed by atoms with Gasteiger partial charge in [-0.25, -0.2) is 14.4 Å². The number of carbonyl (C=O) groups excluding carboxylic acids is 3. The van der Waals surface area contributed by atoms with Gasteiger partial charge in [0.2, 0.25) is 5.91 Å². The van der Waals surface area contributed by atoms with Crippen molar-refractivity contribution in [2.24, 2.45) is 0 Å². The minimum absolute atomic E-state index is 0.0251. The van der Waals surface area contributed by atoms with Gasteiger partial charge in [0.1, 0.15) is 11.6 Å². The van der Waals surface area contributed by atoms with Crippen molar-refractivity contribution in [3.63, 3.8) is 0 Å². The van der Waals surface area contributed by atoms with Crippen LogP contribution in [0.3, 0.4) is 0 Å². The first-order valence-electron chi connectivity index (χ1n) is 17.3.